The molecule has 0 aliphatic heterocycles. The summed E-state index contributed by atoms with van der Waals surface area (Å²) in [6.45, 7) is 5.44. The van der Waals surface area contributed by atoms with Crippen LogP contribution in [-0.4, -0.2) is 35.2 Å². The first-order valence-electron chi connectivity index (χ1n) is 10.0. The number of para-hydroxylation sites is 1. The second-order valence-electron chi connectivity index (χ2n) is 7.25. The predicted molar refractivity (Wildman–Crippen MR) is 121 cm³/mol. The first-order valence-corrected chi connectivity index (χ1v) is 10.8. The second kappa shape index (κ2) is 7.84. The van der Waals surface area contributed by atoms with Crippen molar-refractivity contribution in [3.05, 3.63) is 77.3 Å². The van der Waals surface area contributed by atoms with Crippen LogP contribution in [0.15, 0.2) is 61.2 Å². The molecule has 0 aliphatic carbocycles. The van der Waals surface area contributed by atoms with Gasteiger partial charge in [-0.1, -0.05) is 18.2 Å². The van der Waals surface area contributed by atoms with E-state index >= 15 is 0 Å². The van der Waals surface area contributed by atoms with Crippen molar-refractivity contribution < 1.29 is 4.79 Å². The zero-order chi connectivity index (χ0) is 21.4. The highest BCUT2D eigenvalue weighted by atomic mass is 32.1. The highest BCUT2D eigenvalue weighted by molar-refractivity contribution is 7.20. The summed E-state index contributed by atoms with van der Waals surface area (Å²) in [5, 5.41) is 17.2. The van der Waals surface area contributed by atoms with E-state index in [9.17, 15) is 4.79 Å². The maximum Gasteiger partial charge on any atom is 0.265 e. The molecule has 1 amide bonds. The molecule has 4 heterocycles. The van der Waals surface area contributed by atoms with Crippen LogP contribution in [0.2, 0.25) is 0 Å². The molecule has 0 radical (unpaired) electrons. The van der Waals surface area contributed by atoms with Crippen molar-refractivity contribution in [2.45, 2.75) is 26.9 Å². The minimum absolute atomic E-state index is 0.154. The molecular formula is C22H21N7OS. The van der Waals surface area contributed by atoms with Crippen LogP contribution >= 0.6 is 11.3 Å². The third-order valence-corrected chi connectivity index (χ3v) is 6.12. The Morgan fingerprint density at radius 2 is 1.90 bits per heavy atom. The molecule has 0 bridgehead atoms. The van der Waals surface area contributed by atoms with Crippen molar-refractivity contribution in [1.82, 2.24) is 29.3 Å². The summed E-state index contributed by atoms with van der Waals surface area (Å²) in [5.41, 5.74) is 3.59. The van der Waals surface area contributed by atoms with Crippen LogP contribution in [-0.2, 0) is 13.1 Å². The lowest BCUT2D eigenvalue weighted by molar-refractivity contribution is 0.103. The summed E-state index contributed by atoms with van der Waals surface area (Å²) < 4.78 is 5.55. The molecule has 0 aliphatic rings. The molecule has 9 heteroatoms. The van der Waals surface area contributed by atoms with Crippen molar-refractivity contribution >= 4 is 33.1 Å². The van der Waals surface area contributed by atoms with Crippen LogP contribution in [0, 0.1) is 6.92 Å². The summed E-state index contributed by atoms with van der Waals surface area (Å²) in [5.74, 6) is -0.154. The fourth-order valence-corrected chi connectivity index (χ4v) is 4.54. The average Bonchev–Trinajstić information content (AvgIpc) is 3.55. The number of hydrogen-bond donors (Lipinski definition) is 1. The van der Waals surface area contributed by atoms with E-state index in [1.54, 1.807) is 10.9 Å². The molecule has 0 spiro atoms. The largest absolute Gasteiger partial charge is 0.319 e. The Bertz CT molecular complexity index is 1360. The van der Waals surface area contributed by atoms with Crippen molar-refractivity contribution in [3.8, 4) is 5.69 Å². The van der Waals surface area contributed by atoms with Gasteiger partial charge in [0.05, 0.1) is 40.9 Å². The van der Waals surface area contributed by atoms with Crippen molar-refractivity contribution in [2.24, 2.45) is 0 Å². The number of rotatable bonds is 6. The van der Waals surface area contributed by atoms with Crippen LogP contribution < -0.4 is 5.32 Å². The topological polar surface area (TPSA) is 82.6 Å². The van der Waals surface area contributed by atoms with Crippen LogP contribution in [0.25, 0.3) is 15.9 Å². The lowest BCUT2D eigenvalue weighted by atomic mass is 10.3. The van der Waals surface area contributed by atoms with E-state index in [2.05, 4.69) is 20.6 Å². The molecular weight excluding hydrogens is 410 g/mol. The predicted octanol–water partition coefficient (Wildman–Crippen LogP) is 4.11. The highest BCUT2D eigenvalue weighted by Crippen LogP contribution is 2.30. The van der Waals surface area contributed by atoms with E-state index in [1.807, 2.05) is 78.2 Å². The maximum atomic E-state index is 12.9. The van der Waals surface area contributed by atoms with E-state index in [1.165, 1.54) is 11.3 Å². The third-order valence-electron chi connectivity index (χ3n) is 5.02. The fourth-order valence-electron chi connectivity index (χ4n) is 3.46. The normalized spacial score (nSPS) is 11.3. The quantitative estimate of drug-likeness (QED) is 0.439. The Balaban J connectivity index is 1.34. The van der Waals surface area contributed by atoms with Gasteiger partial charge < -0.3 is 5.32 Å². The first-order chi connectivity index (χ1) is 15.1. The molecule has 5 aromatic rings. The van der Waals surface area contributed by atoms with Gasteiger partial charge in [-0.3, -0.25) is 14.2 Å². The molecule has 5 rings (SSSR count). The monoisotopic (exact) mass is 431 g/mol. The maximum absolute atomic E-state index is 12.9. The summed E-state index contributed by atoms with van der Waals surface area (Å²) in [4.78, 5) is 14.5. The van der Waals surface area contributed by atoms with Gasteiger partial charge in [-0.2, -0.15) is 15.3 Å². The molecule has 8 nitrogen and oxygen atoms in total. The third kappa shape index (κ3) is 3.75. The lowest BCUT2D eigenvalue weighted by Gasteiger charge is -2.02. The summed E-state index contributed by atoms with van der Waals surface area (Å²) in [6, 6.07) is 11.8. The number of hydrogen-bond acceptors (Lipinski definition) is 5. The molecule has 4 aromatic heterocycles. The molecule has 0 atom stereocenters. The minimum Gasteiger partial charge on any atom is -0.319 e. The van der Waals surface area contributed by atoms with Gasteiger partial charge in [0, 0.05) is 29.9 Å². The molecule has 0 saturated carbocycles. The molecule has 1 aromatic carbocycles. The number of thiophene rings is 1. The smallest absolute Gasteiger partial charge is 0.265 e. The number of nitrogens with one attached hydrogen (secondary N) is 1. The zero-order valence-electron chi connectivity index (χ0n) is 17.2. The number of carbonyl (C=O) groups is 1. The average molecular weight is 432 g/mol. The molecule has 1 N–H and O–H groups in total. The van der Waals surface area contributed by atoms with E-state index in [-0.39, 0.29) is 5.91 Å². The van der Waals surface area contributed by atoms with Gasteiger partial charge in [-0.05, 0) is 32.0 Å². The van der Waals surface area contributed by atoms with E-state index < -0.39 is 0 Å². The Morgan fingerprint density at radius 3 is 2.68 bits per heavy atom. The number of amides is 1. The Hall–Kier alpha value is -3.72. The number of anilines is 1. The number of fused-ring (bicyclic) bond motifs is 1. The van der Waals surface area contributed by atoms with Crippen LogP contribution in [0.5, 0.6) is 0 Å². The van der Waals surface area contributed by atoms with Gasteiger partial charge in [0.25, 0.3) is 5.91 Å². The molecule has 0 unspecified atom stereocenters. The summed E-state index contributed by atoms with van der Waals surface area (Å²) in [7, 11) is 0. The minimum atomic E-state index is -0.154. The van der Waals surface area contributed by atoms with Gasteiger partial charge >= 0.3 is 0 Å². The van der Waals surface area contributed by atoms with Crippen LogP contribution in [0.3, 0.4) is 0 Å². The van der Waals surface area contributed by atoms with Crippen LogP contribution in [0.4, 0.5) is 5.69 Å². The van der Waals surface area contributed by atoms with Crippen molar-refractivity contribution in [2.75, 3.05) is 5.32 Å². The standard InChI is InChI=1S/C22H21N7OS/c1-3-27-12-16(10-23-27)13-28-14-17(11-24-28)25-21(30)20-9-19-15(2)26-29(22(19)31-20)18-7-5-4-6-8-18/h4-12,14H,3,13H2,1-2H3,(H,25,30). The number of aromatic nitrogens is 6. The van der Waals surface area contributed by atoms with Gasteiger partial charge in [-0.15, -0.1) is 11.3 Å². The van der Waals surface area contributed by atoms with Crippen LogP contribution in [0.1, 0.15) is 27.9 Å². The van der Waals surface area contributed by atoms with Gasteiger partial charge in [0.15, 0.2) is 0 Å². The van der Waals surface area contributed by atoms with Gasteiger partial charge in [-0.25, -0.2) is 4.68 Å². The van der Waals surface area contributed by atoms with Crippen molar-refractivity contribution in [1.29, 1.82) is 0 Å². The Labute approximate surface area is 182 Å². The van der Waals surface area contributed by atoms with E-state index in [0.717, 1.165) is 33.7 Å². The Kier molecular flexibility index (Phi) is 4.87. The molecule has 0 fully saturated rings. The molecule has 156 valence electrons. The summed E-state index contributed by atoms with van der Waals surface area (Å²) in [6.07, 6.45) is 7.31. The van der Waals surface area contributed by atoms with E-state index in [0.29, 0.717) is 17.1 Å². The zero-order valence-corrected chi connectivity index (χ0v) is 18.0. The number of aryl methyl sites for hydroxylation is 2. The fraction of sp³-hybridized carbons (Fsp3) is 0.182. The summed E-state index contributed by atoms with van der Waals surface area (Å²) >= 11 is 1.43. The second-order valence-corrected chi connectivity index (χ2v) is 8.28. The molecule has 31 heavy (non-hydrogen) atoms. The first kappa shape index (κ1) is 19.3. The van der Waals surface area contributed by atoms with E-state index in [4.69, 9.17) is 0 Å². The molecule has 0 saturated heterocycles. The lowest BCUT2D eigenvalue weighted by Crippen LogP contribution is -2.09. The highest BCUT2D eigenvalue weighted by Gasteiger charge is 2.17. The number of nitrogens with zero attached hydrogens (tertiary/aromatic N) is 6. The van der Waals surface area contributed by atoms with Gasteiger partial charge in [0.2, 0.25) is 0 Å². The van der Waals surface area contributed by atoms with Crippen molar-refractivity contribution in [3.63, 3.8) is 0 Å². The SMILES string of the molecule is CCn1cc(Cn2cc(NC(=O)c3cc4c(C)nn(-c5ccccc5)c4s3)cn2)cn1. The van der Waals surface area contributed by atoms with Gasteiger partial charge in [0.1, 0.15) is 4.83 Å². The number of carbonyl (C=O) groups excluding carboxylic acids is 1. The number of benzene rings is 1. The Morgan fingerprint density at radius 1 is 1.10 bits per heavy atom.